The van der Waals surface area contributed by atoms with Gasteiger partial charge in [-0.25, -0.2) is 4.79 Å². The summed E-state index contributed by atoms with van der Waals surface area (Å²) in [5, 5.41) is 15.1. The molecule has 6 nitrogen and oxygen atoms in total. The van der Waals surface area contributed by atoms with Crippen LogP contribution in [0.25, 0.3) is 22.4 Å². The van der Waals surface area contributed by atoms with Gasteiger partial charge < -0.3 is 14.6 Å². The quantitative estimate of drug-likeness (QED) is 0.251. The number of hydrogen-bond donors (Lipinski definition) is 1. The molecular formula is C28H34N2O4S. The van der Waals surface area contributed by atoms with Crippen LogP contribution in [0.5, 0.6) is 0 Å². The molecule has 1 aliphatic rings. The van der Waals surface area contributed by atoms with Gasteiger partial charge in [0.15, 0.2) is 0 Å². The van der Waals surface area contributed by atoms with Crippen molar-refractivity contribution in [1.29, 1.82) is 0 Å². The maximum Gasteiger partial charge on any atom is 0.329 e. The number of aliphatic carboxylic acids is 1. The molecule has 2 atom stereocenters. The number of aromatic nitrogens is 2. The van der Waals surface area contributed by atoms with Gasteiger partial charge in [-0.05, 0) is 36.7 Å². The zero-order valence-corrected chi connectivity index (χ0v) is 21.1. The first-order valence-electron chi connectivity index (χ1n) is 12.3. The van der Waals surface area contributed by atoms with Crippen molar-refractivity contribution in [3.63, 3.8) is 0 Å². The molecule has 1 fully saturated rings. The number of nitrogens with zero attached hydrogens (tertiary/aromatic N) is 2. The number of carbonyl (C=O) groups is 1. The molecule has 4 rings (SSSR count). The van der Waals surface area contributed by atoms with Gasteiger partial charge in [0, 0.05) is 30.5 Å². The van der Waals surface area contributed by atoms with E-state index in [1.807, 2.05) is 12.1 Å². The van der Waals surface area contributed by atoms with Gasteiger partial charge in [-0.3, -0.25) is 4.68 Å². The normalized spacial score (nSPS) is 18.0. The second-order valence-corrected chi connectivity index (χ2v) is 10.2. The first-order valence-corrected chi connectivity index (χ1v) is 13.3. The Balaban J connectivity index is 1.65. The van der Waals surface area contributed by atoms with Gasteiger partial charge in [-0.1, -0.05) is 67.1 Å². The Hall–Kier alpha value is -2.61. The largest absolute Gasteiger partial charge is 0.480 e. The van der Waals surface area contributed by atoms with E-state index in [0.29, 0.717) is 25.0 Å². The molecule has 0 amide bonds. The lowest BCUT2D eigenvalue weighted by molar-refractivity contribution is -0.142. The van der Waals surface area contributed by atoms with Crippen LogP contribution >= 0.6 is 11.8 Å². The van der Waals surface area contributed by atoms with Crippen LogP contribution in [0.1, 0.15) is 25.7 Å². The fraction of sp³-hybridized carbons (Fsp3) is 0.429. The number of ether oxygens (including phenoxy) is 2. The zero-order chi connectivity index (χ0) is 24.5. The number of rotatable bonds is 12. The SMILES string of the molecule is COCCSc1nn(CC2CCCC(COCC(=O)O)C2)c(-c2ccccc2)c1-c1ccccc1. The van der Waals surface area contributed by atoms with Crippen LogP contribution < -0.4 is 0 Å². The van der Waals surface area contributed by atoms with E-state index < -0.39 is 5.97 Å². The molecule has 0 spiro atoms. The summed E-state index contributed by atoms with van der Waals surface area (Å²) in [4.78, 5) is 10.8. The minimum absolute atomic E-state index is 0.221. The second kappa shape index (κ2) is 12.9. The average molecular weight is 495 g/mol. The summed E-state index contributed by atoms with van der Waals surface area (Å²) in [6, 6.07) is 21.0. The van der Waals surface area contributed by atoms with E-state index in [9.17, 15) is 4.79 Å². The van der Waals surface area contributed by atoms with Gasteiger partial charge in [0.25, 0.3) is 0 Å². The first kappa shape index (κ1) is 25.5. The highest BCUT2D eigenvalue weighted by molar-refractivity contribution is 7.99. The van der Waals surface area contributed by atoms with E-state index in [2.05, 4.69) is 53.2 Å². The molecule has 3 aromatic rings. The Bertz CT molecular complexity index is 1070. The molecule has 1 aliphatic carbocycles. The zero-order valence-electron chi connectivity index (χ0n) is 20.3. The average Bonchev–Trinajstić information content (AvgIpc) is 3.23. The predicted molar refractivity (Wildman–Crippen MR) is 140 cm³/mol. The van der Waals surface area contributed by atoms with Crippen LogP contribution in [0.15, 0.2) is 65.7 Å². The number of carboxylic acid groups (broad SMARTS) is 1. The standard InChI is InChI=1S/C28H34N2O4S/c1-33-15-16-35-28-26(23-11-4-2-5-12-23)27(24-13-6-3-7-14-24)30(29-28)18-21-9-8-10-22(17-21)19-34-20-25(31)32/h2-7,11-14,21-22H,8-10,15-20H2,1H3,(H,31,32). The molecule has 1 heterocycles. The molecule has 1 aromatic heterocycles. The summed E-state index contributed by atoms with van der Waals surface area (Å²) < 4.78 is 12.9. The smallest absolute Gasteiger partial charge is 0.329 e. The first-order chi connectivity index (χ1) is 17.2. The molecule has 35 heavy (non-hydrogen) atoms. The molecular weight excluding hydrogens is 460 g/mol. The molecule has 1 saturated carbocycles. The third kappa shape index (κ3) is 6.97. The van der Waals surface area contributed by atoms with Crippen LogP contribution in [-0.2, 0) is 20.8 Å². The number of carboxylic acids is 1. The van der Waals surface area contributed by atoms with Crippen molar-refractivity contribution in [3.8, 4) is 22.4 Å². The van der Waals surface area contributed by atoms with Crippen LogP contribution in [0.4, 0.5) is 0 Å². The number of benzene rings is 2. The summed E-state index contributed by atoms with van der Waals surface area (Å²) in [7, 11) is 1.73. The van der Waals surface area contributed by atoms with E-state index >= 15 is 0 Å². The molecule has 2 unspecified atom stereocenters. The predicted octanol–water partition coefficient (Wildman–Crippen LogP) is 5.86. The molecule has 7 heteroatoms. The summed E-state index contributed by atoms with van der Waals surface area (Å²) in [5.41, 5.74) is 4.66. The molecule has 0 aliphatic heterocycles. The van der Waals surface area contributed by atoms with Crippen molar-refractivity contribution in [2.75, 3.05) is 32.7 Å². The highest BCUT2D eigenvalue weighted by Crippen LogP contribution is 2.41. The molecule has 0 saturated heterocycles. The monoisotopic (exact) mass is 494 g/mol. The Morgan fingerprint density at radius 1 is 1.06 bits per heavy atom. The highest BCUT2D eigenvalue weighted by atomic mass is 32.2. The number of thioether (sulfide) groups is 1. The highest BCUT2D eigenvalue weighted by Gasteiger charge is 2.27. The lowest BCUT2D eigenvalue weighted by Gasteiger charge is -2.29. The third-order valence-corrected chi connectivity index (χ3v) is 7.39. The van der Waals surface area contributed by atoms with Crippen molar-refractivity contribution in [2.24, 2.45) is 11.8 Å². The van der Waals surface area contributed by atoms with Crippen molar-refractivity contribution < 1.29 is 19.4 Å². The topological polar surface area (TPSA) is 73.6 Å². The van der Waals surface area contributed by atoms with Crippen LogP contribution in [0, 0.1) is 11.8 Å². The van der Waals surface area contributed by atoms with E-state index in [1.165, 1.54) is 11.1 Å². The minimum Gasteiger partial charge on any atom is -0.480 e. The fourth-order valence-corrected chi connectivity index (χ4v) is 5.88. The molecule has 186 valence electrons. The minimum atomic E-state index is -0.909. The Labute approximate surface area is 211 Å². The molecule has 0 bridgehead atoms. The fourth-order valence-electron chi connectivity index (χ4n) is 4.93. The molecule has 0 radical (unpaired) electrons. The van der Waals surface area contributed by atoms with Gasteiger partial charge >= 0.3 is 5.97 Å². The van der Waals surface area contributed by atoms with Crippen molar-refractivity contribution in [3.05, 3.63) is 60.7 Å². The maximum atomic E-state index is 10.8. The lowest BCUT2D eigenvalue weighted by atomic mass is 9.81. The van der Waals surface area contributed by atoms with E-state index in [4.69, 9.17) is 19.7 Å². The van der Waals surface area contributed by atoms with Gasteiger partial charge in [-0.2, -0.15) is 5.10 Å². The molecule has 1 N–H and O–H groups in total. The maximum absolute atomic E-state index is 10.8. The van der Waals surface area contributed by atoms with Gasteiger partial charge in [-0.15, -0.1) is 11.8 Å². The Kier molecular flexibility index (Phi) is 9.40. The Morgan fingerprint density at radius 3 is 2.43 bits per heavy atom. The van der Waals surface area contributed by atoms with Gasteiger partial charge in [0.2, 0.25) is 0 Å². The van der Waals surface area contributed by atoms with Crippen molar-refractivity contribution >= 4 is 17.7 Å². The summed E-state index contributed by atoms with van der Waals surface area (Å²) in [5.74, 6) is 0.805. The van der Waals surface area contributed by atoms with Crippen LogP contribution in [0.3, 0.4) is 0 Å². The van der Waals surface area contributed by atoms with Gasteiger partial charge in [0.05, 0.1) is 18.9 Å². The van der Waals surface area contributed by atoms with Crippen molar-refractivity contribution in [1.82, 2.24) is 9.78 Å². The van der Waals surface area contributed by atoms with E-state index in [0.717, 1.165) is 54.3 Å². The van der Waals surface area contributed by atoms with Crippen LogP contribution in [-0.4, -0.2) is 53.5 Å². The van der Waals surface area contributed by atoms with Crippen molar-refractivity contribution in [2.45, 2.75) is 37.3 Å². The van der Waals surface area contributed by atoms with Gasteiger partial charge in [0.1, 0.15) is 11.6 Å². The second-order valence-electron chi connectivity index (χ2n) is 9.09. The number of hydrogen-bond acceptors (Lipinski definition) is 5. The third-order valence-electron chi connectivity index (χ3n) is 6.46. The number of methoxy groups -OCH3 is 1. The summed E-state index contributed by atoms with van der Waals surface area (Å²) >= 11 is 1.74. The Morgan fingerprint density at radius 2 is 1.74 bits per heavy atom. The van der Waals surface area contributed by atoms with E-state index in [1.54, 1.807) is 18.9 Å². The lowest BCUT2D eigenvalue weighted by Crippen LogP contribution is -2.24. The van der Waals surface area contributed by atoms with Crippen LogP contribution in [0.2, 0.25) is 0 Å². The van der Waals surface area contributed by atoms with E-state index in [-0.39, 0.29) is 6.61 Å². The summed E-state index contributed by atoms with van der Waals surface area (Å²) in [6.45, 7) is 1.80. The molecule has 2 aromatic carbocycles. The summed E-state index contributed by atoms with van der Waals surface area (Å²) in [6.07, 6.45) is 4.40.